The van der Waals surface area contributed by atoms with Crippen LogP contribution >= 0.6 is 0 Å². The SMILES string of the molecule is O=C(c1cccc2c1OCCO2)c1cccc2c1OCCO2. The smallest absolute Gasteiger partial charge is 0.200 e. The first-order chi connectivity index (χ1) is 10.8. The molecule has 0 fully saturated rings. The molecule has 2 aliphatic heterocycles. The van der Waals surface area contributed by atoms with E-state index in [0.29, 0.717) is 60.6 Å². The van der Waals surface area contributed by atoms with Crippen molar-refractivity contribution in [3.8, 4) is 23.0 Å². The van der Waals surface area contributed by atoms with Gasteiger partial charge in [-0.1, -0.05) is 12.1 Å². The summed E-state index contributed by atoms with van der Waals surface area (Å²) >= 11 is 0. The predicted octanol–water partition coefficient (Wildman–Crippen LogP) is 2.46. The van der Waals surface area contributed by atoms with Crippen molar-refractivity contribution in [2.45, 2.75) is 0 Å². The first-order valence-corrected chi connectivity index (χ1v) is 7.16. The van der Waals surface area contributed by atoms with Gasteiger partial charge in [0.05, 0.1) is 11.1 Å². The molecule has 0 saturated carbocycles. The molecule has 0 aliphatic carbocycles. The fourth-order valence-electron chi connectivity index (χ4n) is 2.65. The summed E-state index contributed by atoms with van der Waals surface area (Å²) in [5.74, 6) is 2.02. The van der Waals surface area contributed by atoms with Crippen molar-refractivity contribution in [2.24, 2.45) is 0 Å². The van der Waals surface area contributed by atoms with E-state index >= 15 is 0 Å². The summed E-state index contributed by atoms with van der Waals surface area (Å²) in [6, 6.07) is 10.6. The van der Waals surface area contributed by atoms with Crippen molar-refractivity contribution < 1.29 is 23.7 Å². The highest BCUT2D eigenvalue weighted by Crippen LogP contribution is 2.39. The zero-order valence-electron chi connectivity index (χ0n) is 11.8. The molecule has 0 aromatic heterocycles. The summed E-state index contributed by atoms with van der Waals surface area (Å²) < 4.78 is 22.3. The minimum absolute atomic E-state index is 0.162. The number of carbonyl (C=O) groups excluding carboxylic acids is 1. The number of hydrogen-bond acceptors (Lipinski definition) is 5. The fourth-order valence-corrected chi connectivity index (χ4v) is 2.65. The molecule has 22 heavy (non-hydrogen) atoms. The topological polar surface area (TPSA) is 54.0 Å². The zero-order chi connectivity index (χ0) is 14.9. The van der Waals surface area contributed by atoms with Crippen LogP contribution in [0.25, 0.3) is 0 Å². The first-order valence-electron chi connectivity index (χ1n) is 7.16. The third-order valence-electron chi connectivity index (χ3n) is 3.62. The predicted molar refractivity (Wildman–Crippen MR) is 78.3 cm³/mol. The monoisotopic (exact) mass is 298 g/mol. The first kappa shape index (κ1) is 13.0. The molecule has 0 saturated heterocycles. The quantitative estimate of drug-likeness (QED) is 0.797. The Morgan fingerprint density at radius 1 is 0.682 bits per heavy atom. The van der Waals surface area contributed by atoms with Gasteiger partial charge in [-0.3, -0.25) is 4.79 Å². The maximum Gasteiger partial charge on any atom is 0.200 e. The Balaban J connectivity index is 1.80. The second-order valence-electron chi connectivity index (χ2n) is 4.99. The van der Waals surface area contributed by atoms with E-state index in [-0.39, 0.29) is 5.78 Å². The molecule has 5 nitrogen and oxygen atoms in total. The second kappa shape index (κ2) is 5.26. The fraction of sp³-hybridized carbons (Fsp3) is 0.235. The van der Waals surface area contributed by atoms with Crippen LogP contribution in [0.15, 0.2) is 36.4 Å². The van der Waals surface area contributed by atoms with E-state index in [9.17, 15) is 4.79 Å². The number of fused-ring (bicyclic) bond motifs is 2. The van der Waals surface area contributed by atoms with Crippen molar-refractivity contribution in [1.29, 1.82) is 0 Å². The third-order valence-corrected chi connectivity index (χ3v) is 3.62. The lowest BCUT2D eigenvalue weighted by atomic mass is 10.0. The van der Waals surface area contributed by atoms with Gasteiger partial charge in [0.1, 0.15) is 26.4 Å². The average molecular weight is 298 g/mol. The molecule has 2 heterocycles. The second-order valence-corrected chi connectivity index (χ2v) is 4.99. The van der Waals surface area contributed by atoms with Crippen LogP contribution in [0.4, 0.5) is 0 Å². The minimum atomic E-state index is -0.162. The van der Waals surface area contributed by atoms with E-state index in [4.69, 9.17) is 18.9 Å². The van der Waals surface area contributed by atoms with E-state index in [1.807, 2.05) is 0 Å². The Hall–Kier alpha value is -2.69. The van der Waals surface area contributed by atoms with Gasteiger partial charge in [-0.05, 0) is 24.3 Å². The van der Waals surface area contributed by atoms with Crippen LogP contribution in [0.1, 0.15) is 15.9 Å². The van der Waals surface area contributed by atoms with E-state index in [1.54, 1.807) is 36.4 Å². The number of para-hydroxylation sites is 2. The number of ketones is 1. The summed E-state index contributed by atoms with van der Waals surface area (Å²) in [5.41, 5.74) is 0.944. The number of carbonyl (C=O) groups is 1. The normalized spacial score (nSPS) is 15.3. The van der Waals surface area contributed by atoms with Crippen molar-refractivity contribution in [1.82, 2.24) is 0 Å². The Morgan fingerprint density at radius 2 is 1.14 bits per heavy atom. The third kappa shape index (κ3) is 2.06. The van der Waals surface area contributed by atoms with Crippen LogP contribution in [0.2, 0.25) is 0 Å². The molecule has 0 atom stereocenters. The highest BCUT2D eigenvalue weighted by atomic mass is 16.6. The Labute approximate surface area is 127 Å². The van der Waals surface area contributed by atoms with E-state index < -0.39 is 0 Å². The Kier molecular flexibility index (Phi) is 3.11. The molecule has 2 aromatic carbocycles. The van der Waals surface area contributed by atoms with Crippen molar-refractivity contribution in [2.75, 3.05) is 26.4 Å². The van der Waals surface area contributed by atoms with Crippen molar-refractivity contribution >= 4 is 5.78 Å². The largest absolute Gasteiger partial charge is 0.486 e. The summed E-state index contributed by atoms with van der Waals surface area (Å²) in [4.78, 5) is 12.9. The summed E-state index contributed by atoms with van der Waals surface area (Å²) in [7, 11) is 0. The molecule has 0 N–H and O–H groups in total. The summed E-state index contributed by atoms with van der Waals surface area (Å²) in [6.07, 6.45) is 0. The molecule has 5 heteroatoms. The standard InChI is InChI=1S/C17H14O5/c18-15(11-3-1-5-13-16(11)21-9-7-19-13)12-4-2-6-14-17(12)22-10-8-20-14/h1-6H,7-10H2. The average Bonchev–Trinajstić information content (AvgIpc) is 2.60. The lowest BCUT2D eigenvalue weighted by Gasteiger charge is -2.22. The van der Waals surface area contributed by atoms with E-state index in [0.717, 1.165) is 0 Å². The molecule has 2 aliphatic rings. The van der Waals surface area contributed by atoms with Crippen molar-refractivity contribution in [3.63, 3.8) is 0 Å². The molecule has 0 bridgehead atoms. The van der Waals surface area contributed by atoms with Crippen molar-refractivity contribution in [3.05, 3.63) is 47.5 Å². The maximum absolute atomic E-state index is 12.9. The number of hydrogen-bond donors (Lipinski definition) is 0. The van der Waals surface area contributed by atoms with Crippen LogP contribution in [0.3, 0.4) is 0 Å². The molecule has 4 rings (SSSR count). The minimum Gasteiger partial charge on any atom is -0.486 e. The van der Waals surface area contributed by atoms with Crippen LogP contribution < -0.4 is 18.9 Å². The van der Waals surface area contributed by atoms with E-state index in [1.165, 1.54) is 0 Å². The Bertz CT molecular complexity index is 676. The van der Waals surface area contributed by atoms with Crippen LogP contribution in [-0.4, -0.2) is 32.2 Å². The molecular formula is C17H14O5. The highest BCUT2D eigenvalue weighted by molar-refractivity contribution is 6.13. The summed E-state index contributed by atoms with van der Waals surface area (Å²) in [6.45, 7) is 1.85. The number of ether oxygens (including phenoxy) is 4. The van der Waals surface area contributed by atoms with Gasteiger partial charge in [0, 0.05) is 0 Å². The van der Waals surface area contributed by atoms with Gasteiger partial charge in [-0.15, -0.1) is 0 Å². The molecular weight excluding hydrogens is 284 g/mol. The lowest BCUT2D eigenvalue weighted by Crippen LogP contribution is -2.20. The van der Waals surface area contributed by atoms with Crippen LogP contribution in [0, 0.1) is 0 Å². The van der Waals surface area contributed by atoms with E-state index in [2.05, 4.69) is 0 Å². The van der Waals surface area contributed by atoms with Crippen LogP contribution in [-0.2, 0) is 0 Å². The Morgan fingerprint density at radius 3 is 1.64 bits per heavy atom. The lowest BCUT2D eigenvalue weighted by molar-refractivity contribution is 0.101. The highest BCUT2D eigenvalue weighted by Gasteiger charge is 2.26. The van der Waals surface area contributed by atoms with Gasteiger partial charge in [0.2, 0.25) is 5.78 Å². The number of benzene rings is 2. The molecule has 2 aromatic rings. The van der Waals surface area contributed by atoms with Crippen LogP contribution in [0.5, 0.6) is 23.0 Å². The molecule has 0 spiro atoms. The summed E-state index contributed by atoms with van der Waals surface area (Å²) in [5, 5.41) is 0. The zero-order valence-corrected chi connectivity index (χ0v) is 11.8. The molecule has 112 valence electrons. The molecule has 0 amide bonds. The van der Waals surface area contributed by atoms with Gasteiger partial charge in [-0.2, -0.15) is 0 Å². The van der Waals surface area contributed by atoms with Gasteiger partial charge in [-0.25, -0.2) is 0 Å². The van der Waals surface area contributed by atoms with Gasteiger partial charge in [0.25, 0.3) is 0 Å². The van der Waals surface area contributed by atoms with Gasteiger partial charge >= 0.3 is 0 Å². The number of rotatable bonds is 2. The van der Waals surface area contributed by atoms with Gasteiger partial charge in [0.15, 0.2) is 23.0 Å². The molecule has 0 unspecified atom stereocenters. The van der Waals surface area contributed by atoms with Gasteiger partial charge < -0.3 is 18.9 Å². The molecule has 0 radical (unpaired) electrons. The maximum atomic E-state index is 12.9.